The number of nitrogens with one attached hydrogen (secondary N) is 1. The molecular formula is C14H19NO3S. The van der Waals surface area contributed by atoms with E-state index >= 15 is 0 Å². The van der Waals surface area contributed by atoms with E-state index in [0.29, 0.717) is 18.5 Å². The second-order valence-electron chi connectivity index (χ2n) is 4.45. The molecule has 1 aromatic carbocycles. The third-order valence-corrected chi connectivity index (χ3v) is 3.61. The molecule has 1 amide bonds. The highest BCUT2D eigenvalue weighted by Gasteiger charge is 2.12. The van der Waals surface area contributed by atoms with Gasteiger partial charge >= 0.3 is 5.97 Å². The summed E-state index contributed by atoms with van der Waals surface area (Å²) in [5, 5.41) is 11.4. The third kappa shape index (κ3) is 5.34. The number of carbonyl (C=O) groups excluding carboxylic acids is 1. The molecule has 1 rings (SSSR count). The first-order valence-corrected chi connectivity index (χ1v) is 7.40. The van der Waals surface area contributed by atoms with Gasteiger partial charge in [0.15, 0.2) is 0 Å². The average molecular weight is 281 g/mol. The van der Waals surface area contributed by atoms with Crippen LogP contribution in [0.1, 0.15) is 30.1 Å². The Labute approximate surface area is 117 Å². The summed E-state index contributed by atoms with van der Waals surface area (Å²) in [5.74, 6) is -0.750. The summed E-state index contributed by atoms with van der Waals surface area (Å²) in [5.41, 5.74) is 0.667. The lowest BCUT2D eigenvalue weighted by molar-refractivity contribution is -0.137. The van der Waals surface area contributed by atoms with Gasteiger partial charge in [0.2, 0.25) is 0 Å². The molecule has 104 valence electrons. The molecule has 4 nitrogen and oxygen atoms in total. The maximum Gasteiger partial charge on any atom is 0.303 e. The molecule has 5 heteroatoms. The fraction of sp³-hybridized carbons (Fsp3) is 0.429. The van der Waals surface area contributed by atoms with E-state index in [9.17, 15) is 9.59 Å². The topological polar surface area (TPSA) is 66.4 Å². The van der Waals surface area contributed by atoms with Crippen LogP contribution >= 0.6 is 11.8 Å². The highest BCUT2D eigenvalue weighted by Crippen LogP contribution is 2.19. The van der Waals surface area contributed by atoms with Gasteiger partial charge in [-0.1, -0.05) is 19.1 Å². The van der Waals surface area contributed by atoms with E-state index < -0.39 is 5.97 Å². The van der Waals surface area contributed by atoms with Crippen LogP contribution in [0.3, 0.4) is 0 Å². The van der Waals surface area contributed by atoms with E-state index in [1.807, 2.05) is 31.4 Å². The quantitative estimate of drug-likeness (QED) is 0.754. The van der Waals surface area contributed by atoms with Gasteiger partial charge in [-0.2, -0.15) is 0 Å². The van der Waals surface area contributed by atoms with Gasteiger partial charge in [0.05, 0.1) is 5.56 Å². The molecule has 0 aliphatic carbocycles. The molecule has 0 bridgehead atoms. The van der Waals surface area contributed by atoms with Crippen LogP contribution in [0.5, 0.6) is 0 Å². The average Bonchev–Trinajstić information content (AvgIpc) is 2.42. The zero-order valence-corrected chi connectivity index (χ0v) is 12.0. The lowest BCUT2D eigenvalue weighted by Gasteiger charge is -2.12. The monoisotopic (exact) mass is 281 g/mol. The van der Waals surface area contributed by atoms with Gasteiger partial charge < -0.3 is 10.4 Å². The molecule has 0 aliphatic rings. The molecule has 0 heterocycles. The van der Waals surface area contributed by atoms with Crippen molar-refractivity contribution in [2.24, 2.45) is 5.92 Å². The zero-order valence-electron chi connectivity index (χ0n) is 11.2. The van der Waals surface area contributed by atoms with Crippen molar-refractivity contribution in [2.75, 3.05) is 12.8 Å². The summed E-state index contributed by atoms with van der Waals surface area (Å²) in [6.45, 7) is 2.43. The lowest BCUT2D eigenvalue weighted by atomic mass is 10.1. The van der Waals surface area contributed by atoms with E-state index in [4.69, 9.17) is 5.11 Å². The number of carboxylic acid groups (broad SMARTS) is 1. The molecule has 0 aromatic heterocycles. The first-order chi connectivity index (χ1) is 9.04. The number of carbonyl (C=O) groups is 2. The Balaban J connectivity index is 2.49. The van der Waals surface area contributed by atoms with Crippen molar-refractivity contribution in [1.82, 2.24) is 5.32 Å². The summed E-state index contributed by atoms with van der Waals surface area (Å²) < 4.78 is 0. The van der Waals surface area contributed by atoms with Gasteiger partial charge in [-0.3, -0.25) is 9.59 Å². The Morgan fingerprint density at radius 2 is 2.05 bits per heavy atom. The number of benzene rings is 1. The Bertz CT molecular complexity index is 448. The van der Waals surface area contributed by atoms with Gasteiger partial charge in [0.1, 0.15) is 0 Å². The zero-order chi connectivity index (χ0) is 14.3. The Morgan fingerprint density at radius 1 is 1.37 bits per heavy atom. The number of amides is 1. The molecule has 1 atom stereocenters. The van der Waals surface area contributed by atoms with Crippen molar-refractivity contribution in [3.05, 3.63) is 29.8 Å². The van der Waals surface area contributed by atoms with Crippen molar-refractivity contribution in [3.63, 3.8) is 0 Å². The predicted molar refractivity (Wildman–Crippen MR) is 76.6 cm³/mol. The lowest BCUT2D eigenvalue weighted by Crippen LogP contribution is -2.28. The first kappa shape index (κ1) is 15.6. The van der Waals surface area contributed by atoms with E-state index in [1.165, 1.54) is 11.8 Å². The van der Waals surface area contributed by atoms with Crippen molar-refractivity contribution >= 4 is 23.6 Å². The summed E-state index contributed by atoms with van der Waals surface area (Å²) in [6, 6.07) is 7.44. The molecule has 19 heavy (non-hydrogen) atoms. The summed E-state index contributed by atoms with van der Waals surface area (Å²) >= 11 is 1.53. The van der Waals surface area contributed by atoms with E-state index in [1.54, 1.807) is 6.07 Å². The van der Waals surface area contributed by atoms with E-state index in [-0.39, 0.29) is 18.2 Å². The van der Waals surface area contributed by atoms with Crippen molar-refractivity contribution < 1.29 is 14.7 Å². The number of carboxylic acids is 1. The standard InChI is InChI=1S/C14H19NO3S/c1-10(7-8-13(16)17)9-15-14(18)11-5-3-4-6-12(11)19-2/h3-6,10H,7-9H2,1-2H3,(H,15,18)(H,16,17). The minimum atomic E-state index is -0.800. The maximum absolute atomic E-state index is 12.0. The van der Waals surface area contributed by atoms with E-state index in [2.05, 4.69) is 5.32 Å². The second kappa shape index (κ2) is 7.84. The summed E-state index contributed by atoms with van der Waals surface area (Å²) in [6.07, 6.45) is 2.64. The van der Waals surface area contributed by atoms with Gasteiger partial charge in [-0.05, 0) is 30.7 Å². The minimum Gasteiger partial charge on any atom is -0.481 e. The van der Waals surface area contributed by atoms with Crippen LogP contribution in [-0.2, 0) is 4.79 Å². The maximum atomic E-state index is 12.0. The molecule has 0 saturated heterocycles. The number of thioether (sulfide) groups is 1. The van der Waals surface area contributed by atoms with Crippen LogP contribution < -0.4 is 5.32 Å². The third-order valence-electron chi connectivity index (χ3n) is 2.81. The SMILES string of the molecule is CSc1ccccc1C(=O)NCC(C)CCC(=O)O. The Kier molecular flexibility index (Phi) is 6.42. The normalized spacial score (nSPS) is 11.9. The van der Waals surface area contributed by atoms with Crippen molar-refractivity contribution in [2.45, 2.75) is 24.7 Å². The van der Waals surface area contributed by atoms with Crippen LogP contribution in [0, 0.1) is 5.92 Å². The number of hydrogen-bond acceptors (Lipinski definition) is 3. The van der Waals surface area contributed by atoms with Gasteiger partial charge in [0, 0.05) is 17.9 Å². The molecule has 1 aromatic rings. The molecule has 0 aliphatic heterocycles. The highest BCUT2D eigenvalue weighted by molar-refractivity contribution is 7.98. The molecule has 0 spiro atoms. The Hall–Kier alpha value is -1.49. The summed E-state index contributed by atoms with van der Waals surface area (Å²) in [4.78, 5) is 23.4. The minimum absolute atomic E-state index is 0.105. The van der Waals surface area contributed by atoms with Crippen LogP contribution in [0.25, 0.3) is 0 Å². The Morgan fingerprint density at radius 3 is 2.68 bits per heavy atom. The second-order valence-corrected chi connectivity index (χ2v) is 5.30. The number of aliphatic carboxylic acids is 1. The molecule has 0 radical (unpaired) electrons. The van der Waals surface area contributed by atoms with Gasteiger partial charge in [-0.25, -0.2) is 0 Å². The van der Waals surface area contributed by atoms with Crippen LogP contribution in [0.2, 0.25) is 0 Å². The molecule has 0 fully saturated rings. The molecule has 2 N–H and O–H groups in total. The summed E-state index contributed by atoms with van der Waals surface area (Å²) in [7, 11) is 0. The van der Waals surface area contributed by atoms with Crippen molar-refractivity contribution in [1.29, 1.82) is 0 Å². The van der Waals surface area contributed by atoms with Gasteiger partial charge in [0.25, 0.3) is 5.91 Å². The number of hydrogen-bond donors (Lipinski definition) is 2. The fourth-order valence-electron chi connectivity index (χ4n) is 1.67. The first-order valence-electron chi connectivity index (χ1n) is 6.17. The smallest absolute Gasteiger partial charge is 0.303 e. The molecular weight excluding hydrogens is 262 g/mol. The number of rotatable bonds is 7. The molecule has 0 saturated carbocycles. The largest absolute Gasteiger partial charge is 0.481 e. The van der Waals surface area contributed by atoms with E-state index in [0.717, 1.165) is 4.90 Å². The van der Waals surface area contributed by atoms with Crippen molar-refractivity contribution in [3.8, 4) is 0 Å². The van der Waals surface area contributed by atoms with Crippen LogP contribution in [0.15, 0.2) is 29.2 Å². The predicted octanol–water partition coefficient (Wildman–Crippen LogP) is 2.64. The van der Waals surface area contributed by atoms with Crippen LogP contribution in [0.4, 0.5) is 0 Å². The fourth-order valence-corrected chi connectivity index (χ4v) is 2.26. The van der Waals surface area contributed by atoms with Crippen LogP contribution in [-0.4, -0.2) is 29.8 Å². The molecule has 1 unspecified atom stereocenters. The van der Waals surface area contributed by atoms with Gasteiger partial charge in [-0.15, -0.1) is 11.8 Å². The highest BCUT2D eigenvalue weighted by atomic mass is 32.2.